The van der Waals surface area contributed by atoms with Gasteiger partial charge in [0.15, 0.2) is 0 Å². The number of rotatable bonds is 6. The van der Waals surface area contributed by atoms with Crippen molar-refractivity contribution in [2.24, 2.45) is 0 Å². The number of nitrogens with zero attached hydrogens (tertiary/aromatic N) is 1. The fourth-order valence-electron chi connectivity index (χ4n) is 1.31. The third-order valence-electron chi connectivity index (χ3n) is 2.48. The van der Waals surface area contributed by atoms with Crippen molar-refractivity contribution in [1.29, 1.82) is 0 Å². The van der Waals surface area contributed by atoms with E-state index in [0.717, 1.165) is 10.6 Å². The van der Waals surface area contributed by atoms with Crippen molar-refractivity contribution in [3.63, 3.8) is 0 Å². The molecule has 114 valence electrons. The molecule has 1 aromatic rings. The molecule has 0 aromatic heterocycles. The quantitative estimate of drug-likeness (QED) is 0.604. The third-order valence-corrected chi connectivity index (χ3v) is 6.56. The Bertz CT molecular complexity index is 682. The first kappa shape index (κ1) is 17.3. The second-order valence-corrected chi connectivity index (χ2v) is 10.0. The number of sulfone groups is 1. The summed E-state index contributed by atoms with van der Waals surface area (Å²) < 4.78 is 47.3. The summed E-state index contributed by atoms with van der Waals surface area (Å²) in [5.74, 6) is 0.344. The first-order chi connectivity index (χ1) is 9.04. The minimum Gasteiger partial charge on any atom is -0.398 e. The fourth-order valence-corrected chi connectivity index (χ4v) is 4.53. The van der Waals surface area contributed by atoms with E-state index in [1.807, 2.05) is 0 Å². The highest BCUT2D eigenvalue weighted by molar-refractivity contribution is 8.00. The second-order valence-electron chi connectivity index (χ2n) is 4.47. The van der Waals surface area contributed by atoms with E-state index < -0.39 is 19.9 Å². The average molecular weight is 338 g/mol. The van der Waals surface area contributed by atoms with Crippen molar-refractivity contribution in [1.82, 2.24) is 4.31 Å². The smallest absolute Gasteiger partial charge is 0.242 e. The number of benzene rings is 1. The van der Waals surface area contributed by atoms with Crippen LogP contribution in [0.15, 0.2) is 28.0 Å². The van der Waals surface area contributed by atoms with Crippen LogP contribution in [0.4, 0.5) is 5.69 Å². The minimum absolute atomic E-state index is 0.0156. The highest BCUT2D eigenvalue weighted by atomic mass is 32.2. The maximum atomic E-state index is 12.0. The van der Waals surface area contributed by atoms with E-state index in [9.17, 15) is 16.8 Å². The highest BCUT2D eigenvalue weighted by Crippen LogP contribution is 2.28. The van der Waals surface area contributed by atoms with Crippen LogP contribution in [0.2, 0.25) is 0 Å². The Morgan fingerprint density at radius 1 is 1.20 bits per heavy atom. The predicted octanol–water partition coefficient (Wildman–Crippen LogP) is 0.656. The summed E-state index contributed by atoms with van der Waals surface area (Å²) >= 11 is 1.23. The van der Waals surface area contributed by atoms with E-state index >= 15 is 0 Å². The minimum atomic E-state index is -3.52. The van der Waals surface area contributed by atoms with Crippen LogP contribution >= 0.6 is 11.8 Å². The maximum Gasteiger partial charge on any atom is 0.242 e. The van der Waals surface area contributed by atoms with Crippen LogP contribution in [-0.4, -0.2) is 53.0 Å². The van der Waals surface area contributed by atoms with Gasteiger partial charge in [-0.15, -0.1) is 11.8 Å². The maximum absolute atomic E-state index is 12.0. The van der Waals surface area contributed by atoms with Gasteiger partial charge in [0.2, 0.25) is 10.0 Å². The van der Waals surface area contributed by atoms with Gasteiger partial charge in [-0.05, 0) is 18.2 Å². The predicted molar refractivity (Wildman–Crippen MR) is 82.2 cm³/mol. The first-order valence-electron chi connectivity index (χ1n) is 5.66. The van der Waals surface area contributed by atoms with Crippen LogP contribution in [0.5, 0.6) is 0 Å². The van der Waals surface area contributed by atoms with Crippen molar-refractivity contribution >= 4 is 37.3 Å². The van der Waals surface area contributed by atoms with E-state index in [1.165, 1.54) is 44.1 Å². The van der Waals surface area contributed by atoms with Gasteiger partial charge in [0, 0.05) is 36.7 Å². The lowest BCUT2D eigenvalue weighted by atomic mass is 10.3. The standard InChI is InChI=1S/C11H18N2O4S3/c1-13(2)20(16,17)9-4-5-10(12)11(8-9)18-6-7-19(3,14)15/h4-5,8H,6-7,12H2,1-3H3. The Morgan fingerprint density at radius 3 is 2.30 bits per heavy atom. The van der Waals surface area contributed by atoms with E-state index in [-0.39, 0.29) is 10.6 Å². The van der Waals surface area contributed by atoms with E-state index in [0.29, 0.717) is 16.3 Å². The zero-order valence-corrected chi connectivity index (χ0v) is 14.0. The van der Waals surface area contributed by atoms with Crippen LogP contribution in [0.25, 0.3) is 0 Å². The molecule has 0 fully saturated rings. The number of nitrogen functional groups attached to an aromatic ring is 1. The van der Waals surface area contributed by atoms with Crippen molar-refractivity contribution in [3.8, 4) is 0 Å². The van der Waals surface area contributed by atoms with Crippen molar-refractivity contribution < 1.29 is 16.8 Å². The normalized spacial score (nSPS) is 12.8. The summed E-state index contributed by atoms with van der Waals surface area (Å²) in [7, 11) is -3.68. The summed E-state index contributed by atoms with van der Waals surface area (Å²) in [6, 6.07) is 4.42. The van der Waals surface area contributed by atoms with Crippen LogP contribution < -0.4 is 5.73 Å². The average Bonchev–Trinajstić information content (AvgIpc) is 2.29. The number of nitrogens with two attached hydrogens (primary N) is 1. The number of thioether (sulfide) groups is 1. The number of sulfonamides is 1. The highest BCUT2D eigenvalue weighted by Gasteiger charge is 2.18. The van der Waals surface area contributed by atoms with Gasteiger partial charge in [0.1, 0.15) is 9.84 Å². The molecule has 9 heteroatoms. The van der Waals surface area contributed by atoms with Gasteiger partial charge in [0.25, 0.3) is 0 Å². The Labute approximate surface area is 124 Å². The fraction of sp³-hybridized carbons (Fsp3) is 0.455. The Kier molecular flexibility index (Phi) is 5.47. The summed E-state index contributed by atoms with van der Waals surface area (Å²) in [4.78, 5) is 0.704. The third kappa shape index (κ3) is 4.65. The first-order valence-corrected chi connectivity index (χ1v) is 10.2. The molecule has 6 nitrogen and oxygen atoms in total. The van der Waals surface area contributed by atoms with Gasteiger partial charge >= 0.3 is 0 Å². The molecule has 20 heavy (non-hydrogen) atoms. The van der Waals surface area contributed by atoms with E-state index in [2.05, 4.69) is 0 Å². The van der Waals surface area contributed by atoms with Crippen molar-refractivity contribution in [2.45, 2.75) is 9.79 Å². The molecular formula is C11H18N2O4S3. The number of hydrogen-bond acceptors (Lipinski definition) is 6. The molecule has 0 amide bonds. The molecule has 0 aliphatic heterocycles. The van der Waals surface area contributed by atoms with Gasteiger partial charge in [-0.25, -0.2) is 21.1 Å². The molecule has 0 heterocycles. The van der Waals surface area contributed by atoms with Crippen molar-refractivity contribution in [2.75, 3.05) is 37.6 Å². The van der Waals surface area contributed by atoms with Crippen LogP contribution in [0.3, 0.4) is 0 Å². The Balaban J connectivity index is 2.99. The van der Waals surface area contributed by atoms with Gasteiger partial charge in [-0.1, -0.05) is 0 Å². The largest absolute Gasteiger partial charge is 0.398 e. The lowest BCUT2D eigenvalue weighted by molar-refractivity contribution is 0.520. The summed E-state index contributed by atoms with van der Waals surface area (Å²) in [6.45, 7) is 0. The molecule has 0 spiro atoms. The van der Waals surface area contributed by atoms with Gasteiger partial charge in [0.05, 0.1) is 10.6 Å². The lowest BCUT2D eigenvalue weighted by Gasteiger charge is -2.13. The molecule has 0 radical (unpaired) electrons. The lowest BCUT2D eigenvalue weighted by Crippen LogP contribution is -2.22. The molecule has 0 saturated heterocycles. The Hall–Kier alpha value is -0.770. The van der Waals surface area contributed by atoms with Crippen LogP contribution in [0, 0.1) is 0 Å². The zero-order valence-electron chi connectivity index (χ0n) is 11.5. The number of hydrogen-bond donors (Lipinski definition) is 1. The van der Waals surface area contributed by atoms with Gasteiger partial charge in [-0.2, -0.15) is 0 Å². The molecular weight excluding hydrogens is 320 g/mol. The zero-order chi connectivity index (χ0) is 15.6. The molecule has 0 saturated carbocycles. The topological polar surface area (TPSA) is 97.5 Å². The molecule has 1 aromatic carbocycles. The molecule has 0 aliphatic carbocycles. The monoisotopic (exact) mass is 338 g/mol. The van der Waals surface area contributed by atoms with E-state index in [1.54, 1.807) is 0 Å². The van der Waals surface area contributed by atoms with Crippen LogP contribution in [-0.2, 0) is 19.9 Å². The van der Waals surface area contributed by atoms with Gasteiger partial charge in [-0.3, -0.25) is 0 Å². The number of anilines is 1. The molecule has 0 atom stereocenters. The Morgan fingerprint density at radius 2 is 1.80 bits per heavy atom. The summed E-state index contributed by atoms with van der Waals surface area (Å²) in [5, 5.41) is 0. The molecule has 0 unspecified atom stereocenters. The second kappa shape index (κ2) is 6.33. The summed E-state index contributed by atoms with van der Waals surface area (Å²) in [5.41, 5.74) is 6.21. The molecule has 2 N–H and O–H groups in total. The molecule has 0 aliphatic rings. The molecule has 1 rings (SSSR count). The van der Waals surface area contributed by atoms with Crippen molar-refractivity contribution in [3.05, 3.63) is 18.2 Å². The van der Waals surface area contributed by atoms with Crippen LogP contribution in [0.1, 0.15) is 0 Å². The van der Waals surface area contributed by atoms with Gasteiger partial charge < -0.3 is 5.73 Å². The summed E-state index contributed by atoms with van der Waals surface area (Å²) in [6.07, 6.45) is 1.16. The van der Waals surface area contributed by atoms with E-state index in [4.69, 9.17) is 5.73 Å². The SMILES string of the molecule is CN(C)S(=O)(=O)c1ccc(N)c(SCCS(C)(=O)=O)c1. The molecule has 0 bridgehead atoms.